The number of methoxy groups -OCH3 is 1. The molecule has 0 fully saturated rings. The maximum atomic E-state index is 14.2. The van der Waals surface area contributed by atoms with Gasteiger partial charge in [-0.2, -0.15) is 4.31 Å². The average molecular weight is 540 g/mol. The number of sulfonamides is 1. The highest BCUT2D eigenvalue weighted by Crippen LogP contribution is 2.46. The molecule has 37 heavy (non-hydrogen) atoms. The number of nitrogens with zero attached hydrogens (tertiary/aromatic N) is 1. The molecule has 8 heteroatoms. The van der Waals surface area contributed by atoms with Crippen LogP contribution >= 0.6 is 11.6 Å². The molecule has 0 amide bonds. The first-order valence-electron chi connectivity index (χ1n) is 11.9. The summed E-state index contributed by atoms with van der Waals surface area (Å²) in [5, 5.41) is 10.6. The van der Waals surface area contributed by atoms with E-state index in [-0.39, 0.29) is 22.3 Å². The number of hydrogen-bond acceptors (Lipinski definition) is 4. The summed E-state index contributed by atoms with van der Waals surface area (Å²) >= 11 is 6.03. The Morgan fingerprint density at radius 2 is 1.51 bits per heavy atom. The third-order valence-electron chi connectivity index (χ3n) is 6.65. The van der Waals surface area contributed by atoms with E-state index in [0.717, 1.165) is 11.1 Å². The van der Waals surface area contributed by atoms with Gasteiger partial charge in [0, 0.05) is 5.02 Å². The number of aliphatic carboxylic acids is 1. The number of benzene rings is 3. The zero-order valence-electron chi connectivity index (χ0n) is 21.2. The van der Waals surface area contributed by atoms with E-state index in [1.165, 1.54) is 28.6 Å². The summed E-state index contributed by atoms with van der Waals surface area (Å²) in [6.45, 7) is 6.26. The molecular formula is C29H30ClNO5S. The first-order chi connectivity index (χ1) is 17.4. The summed E-state index contributed by atoms with van der Waals surface area (Å²) in [6, 6.07) is 18.9. The highest BCUT2D eigenvalue weighted by Gasteiger charge is 2.44. The van der Waals surface area contributed by atoms with E-state index in [1.807, 2.05) is 36.4 Å². The molecule has 0 aromatic heterocycles. The largest absolute Gasteiger partial charge is 0.497 e. The van der Waals surface area contributed by atoms with Gasteiger partial charge in [-0.25, -0.2) is 13.2 Å². The molecule has 1 N–H and O–H groups in total. The lowest BCUT2D eigenvalue weighted by Gasteiger charge is -2.40. The van der Waals surface area contributed by atoms with Crippen LogP contribution in [0.15, 0.2) is 89.3 Å². The average Bonchev–Trinajstić information content (AvgIpc) is 2.87. The second-order valence-electron chi connectivity index (χ2n) is 10.1. The van der Waals surface area contributed by atoms with Gasteiger partial charge in [-0.05, 0) is 64.9 Å². The molecule has 0 unspecified atom stereocenters. The first kappa shape index (κ1) is 26.9. The lowest BCUT2D eigenvalue weighted by atomic mass is 9.84. The van der Waals surface area contributed by atoms with Gasteiger partial charge >= 0.3 is 5.97 Å². The summed E-state index contributed by atoms with van der Waals surface area (Å²) in [5.74, 6) is -0.517. The molecule has 1 heterocycles. The predicted octanol–water partition coefficient (Wildman–Crippen LogP) is 6.53. The Bertz CT molecular complexity index is 1410. The summed E-state index contributed by atoms with van der Waals surface area (Å²) in [7, 11) is -2.59. The van der Waals surface area contributed by atoms with E-state index in [4.69, 9.17) is 16.3 Å². The zero-order valence-corrected chi connectivity index (χ0v) is 22.8. The van der Waals surface area contributed by atoms with Gasteiger partial charge in [0.05, 0.1) is 29.7 Å². The molecule has 194 valence electrons. The first-order valence-corrected chi connectivity index (χ1v) is 13.7. The van der Waals surface area contributed by atoms with Crippen LogP contribution in [0.25, 0.3) is 0 Å². The van der Waals surface area contributed by atoms with Gasteiger partial charge < -0.3 is 9.84 Å². The Labute approximate surface area is 223 Å². The van der Waals surface area contributed by atoms with Crippen LogP contribution in [0.3, 0.4) is 0 Å². The van der Waals surface area contributed by atoms with Crippen LogP contribution in [-0.2, 0) is 20.2 Å². The molecule has 0 bridgehead atoms. The molecule has 6 nitrogen and oxygen atoms in total. The van der Waals surface area contributed by atoms with Crippen molar-refractivity contribution in [2.75, 3.05) is 7.11 Å². The van der Waals surface area contributed by atoms with Gasteiger partial charge in [0.25, 0.3) is 0 Å². The van der Waals surface area contributed by atoms with Crippen molar-refractivity contribution in [1.82, 2.24) is 4.31 Å². The number of halogens is 1. The second-order valence-corrected chi connectivity index (χ2v) is 12.3. The number of carboxylic acid groups (broad SMARTS) is 1. The van der Waals surface area contributed by atoms with Crippen LogP contribution in [0.1, 0.15) is 56.0 Å². The third-order valence-corrected chi connectivity index (χ3v) is 8.79. The fourth-order valence-electron chi connectivity index (χ4n) is 4.61. The number of hydrogen-bond donors (Lipinski definition) is 1. The lowest BCUT2D eigenvalue weighted by Crippen LogP contribution is -2.42. The third kappa shape index (κ3) is 5.44. The number of carbonyl (C=O) groups is 1. The molecule has 3 aromatic carbocycles. The Hall–Kier alpha value is -3.13. The predicted molar refractivity (Wildman–Crippen MR) is 144 cm³/mol. The van der Waals surface area contributed by atoms with E-state index in [0.29, 0.717) is 16.3 Å². The maximum Gasteiger partial charge on any atom is 0.333 e. The van der Waals surface area contributed by atoms with E-state index >= 15 is 0 Å². The summed E-state index contributed by atoms with van der Waals surface area (Å²) in [5.41, 5.74) is 2.28. The van der Waals surface area contributed by atoms with Gasteiger partial charge in [0.1, 0.15) is 5.75 Å². The van der Waals surface area contributed by atoms with Gasteiger partial charge in [-0.15, -0.1) is 0 Å². The van der Waals surface area contributed by atoms with Gasteiger partial charge in [-0.3, -0.25) is 0 Å². The van der Waals surface area contributed by atoms with Crippen molar-refractivity contribution in [3.05, 3.63) is 106 Å². The van der Waals surface area contributed by atoms with E-state index < -0.39 is 28.1 Å². The SMILES string of the molecule is COc1ccc([C@@H]2CC=C(C(=O)O)[C@H](c3ccc(C(C)(C)C)cc3)N2S(=O)(=O)c2ccc(Cl)cc2)cc1. The fraction of sp³-hybridized carbons (Fsp3) is 0.276. The van der Waals surface area contributed by atoms with Crippen LogP contribution in [-0.4, -0.2) is 30.9 Å². The molecule has 1 aliphatic rings. The molecule has 4 rings (SSSR count). The Morgan fingerprint density at radius 3 is 2.03 bits per heavy atom. The molecular weight excluding hydrogens is 510 g/mol. The van der Waals surface area contributed by atoms with Crippen LogP contribution < -0.4 is 4.74 Å². The number of ether oxygens (including phenoxy) is 1. The summed E-state index contributed by atoms with van der Waals surface area (Å²) < 4.78 is 35.0. The zero-order chi connectivity index (χ0) is 27.0. The van der Waals surface area contributed by atoms with Crippen LogP contribution in [0.4, 0.5) is 0 Å². The van der Waals surface area contributed by atoms with Gasteiger partial charge in [0.15, 0.2) is 0 Å². The highest BCUT2D eigenvalue weighted by molar-refractivity contribution is 7.89. The molecule has 2 atom stereocenters. The molecule has 0 aliphatic carbocycles. The molecule has 3 aromatic rings. The van der Waals surface area contributed by atoms with Crippen molar-refractivity contribution in [3.63, 3.8) is 0 Å². The van der Waals surface area contributed by atoms with Crippen LogP contribution in [0, 0.1) is 0 Å². The normalized spacial score (nSPS) is 18.8. The smallest absolute Gasteiger partial charge is 0.333 e. The topological polar surface area (TPSA) is 83.9 Å². The molecule has 0 saturated heterocycles. The standard InChI is InChI=1S/C29H30ClNO5S/c1-29(2,3)21-9-5-20(6-10-21)27-25(28(32)33)17-18-26(19-7-13-23(36-4)14-8-19)31(27)37(34,35)24-15-11-22(30)12-16-24/h5-17,26-27H,18H2,1-4H3,(H,32,33)/t26-,27-/m0/s1. The molecule has 0 saturated carbocycles. The summed E-state index contributed by atoms with van der Waals surface area (Å²) in [4.78, 5) is 12.5. The Morgan fingerprint density at radius 1 is 0.946 bits per heavy atom. The fourth-order valence-corrected chi connectivity index (χ4v) is 6.52. The van der Waals surface area contributed by atoms with Crippen LogP contribution in [0.2, 0.25) is 5.02 Å². The van der Waals surface area contributed by atoms with Gasteiger partial charge in [-0.1, -0.05) is 74.8 Å². The van der Waals surface area contributed by atoms with Gasteiger partial charge in [0.2, 0.25) is 10.0 Å². The Balaban J connectivity index is 1.93. The minimum atomic E-state index is -4.15. The van der Waals surface area contributed by atoms with Crippen molar-refractivity contribution in [3.8, 4) is 5.75 Å². The van der Waals surface area contributed by atoms with E-state index in [9.17, 15) is 18.3 Å². The minimum Gasteiger partial charge on any atom is -0.497 e. The van der Waals surface area contributed by atoms with Crippen LogP contribution in [0.5, 0.6) is 5.75 Å². The monoisotopic (exact) mass is 539 g/mol. The molecule has 1 aliphatic heterocycles. The van der Waals surface area contributed by atoms with E-state index in [1.54, 1.807) is 25.3 Å². The Kier molecular flexibility index (Phi) is 7.51. The van der Waals surface area contributed by atoms with Crippen molar-refractivity contribution in [2.24, 2.45) is 0 Å². The lowest BCUT2D eigenvalue weighted by molar-refractivity contribution is -0.133. The molecule has 0 spiro atoms. The highest BCUT2D eigenvalue weighted by atomic mass is 35.5. The quantitative estimate of drug-likeness (QED) is 0.385. The summed E-state index contributed by atoms with van der Waals surface area (Å²) in [6.07, 6.45) is 1.84. The van der Waals surface area contributed by atoms with Crippen molar-refractivity contribution in [2.45, 2.75) is 49.6 Å². The van der Waals surface area contributed by atoms with Crippen molar-refractivity contribution < 1.29 is 23.1 Å². The maximum absolute atomic E-state index is 14.2. The number of rotatable bonds is 6. The minimum absolute atomic E-state index is 0.0193. The van der Waals surface area contributed by atoms with E-state index in [2.05, 4.69) is 20.8 Å². The molecule has 0 radical (unpaired) electrons. The number of carboxylic acids is 1. The van der Waals surface area contributed by atoms with Crippen molar-refractivity contribution in [1.29, 1.82) is 0 Å². The second kappa shape index (κ2) is 10.3. The van der Waals surface area contributed by atoms with Crippen molar-refractivity contribution >= 4 is 27.6 Å².